The molecule has 0 fully saturated rings. The maximum absolute atomic E-state index is 9.35. The van der Waals surface area contributed by atoms with E-state index < -0.39 is 6.10 Å². The summed E-state index contributed by atoms with van der Waals surface area (Å²) in [5, 5.41) is 9.35. The molecule has 1 rings (SSSR count). The Kier molecular flexibility index (Phi) is 2.65. The number of rotatable bonds is 2. The summed E-state index contributed by atoms with van der Waals surface area (Å²) in [5.41, 5.74) is 6.55. The van der Waals surface area contributed by atoms with Crippen molar-refractivity contribution in [2.24, 2.45) is 5.73 Å². The molecule has 62 valence electrons. The summed E-state index contributed by atoms with van der Waals surface area (Å²) in [6, 6.07) is 2.00. The molecule has 0 spiro atoms. The van der Waals surface area contributed by atoms with Gasteiger partial charge in [0.2, 0.25) is 0 Å². The van der Waals surface area contributed by atoms with Crippen LogP contribution in [0.5, 0.6) is 0 Å². The maximum Gasteiger partial charge on any atom is 0.100 e. The molecular weight excluding hydrogens is 158 g/mol. The van der Waals surface area contributed by atoms with Crippen molar-refractivity contribution in [1.29, 1.82) is 0 Å². The molecule has 0 aliphatic carbocycles. The molecule has 3 heteroatoms. The van der Waals surface area contributed by atoms with Crippen molar-refractivity contribution >= 4 is 11.3 Å². The first-order valence-electron chi connectivity index (χ1n) is 3.60. The number of aliphatic hydroxyl groups excluding tert-OH is 1. The SMILES string of the molecule is Cc1cc(C(O)CN)sc1C. The first kappa shape index (κ1) is 8.71. The molecule has 1 heterocycles. The summed E-state index contributed by atoms with van der Waals surface area (Å²) in [5.74, 6) is 0. The smallest absolute Gasteiger partial charge is 0.100 e. The van der Waals surface area contributed by atoms with Gasteiger partial charge in [-0.15, -0.1) is 11.3 Å². The standard InChI is InChI=1S/C8H13NOS/c1-5-3-8(7(10)4-9)11-6(5)2/h3,7,10H,4,9H2,1-2H3. The molecule has 11 heavy (non-hydrogen) atoms. The molecule has 0 amide bonds. The molecule has 3 N–H and O–H groups in total. The van der Waals surface area contributed by atoms with Gasteiger partial charge in [0.1, 0.15) is 6.10 Å². The second kappa shape index (κ2) is 3.34. The van der Waals surface area contributed by atoms with Crippen molar-refractivity contribution < 1.29 is 5.11 Å². The number of thiophene rings is 1. The van der Waals surface area contributed by atoms with Gasteiger partial charge >= 0.3 is 0 Å². The van der Waals surface area contributed by atoms with Crippen LogP contribution in [0.3, 0.4) is 0 Å². The topological polar surface area (TPSA) is 46.2 Å². The van der Waals surface area contributed by atoms with Crippen LogP contribution in [0.1, 0.15) is 21.4 Å². The van der Waals surface area contributed by atoms with Gasteiger partial charge < -0.3 is 10.8 Å². The van der Waals surface area contributed by atoms with Gasteiger partial charge in [0.05, 0.1) is 0 Å². The van der Waals surface area contributed by atoms with E-state index in [0.29, 0.717) is 6.54 Å². The minimum atomic E-state index is -0.479. The van der Waals surface area contributed by atoms with Gasteiger partial charge in [0, 0.05) is 16.3 Å². The van der Waals surface area contributed by atoms with Gasteiger partial charge in [-0.3, -0.25) is 0 Å². The molecule has 0 saturated carbocycles. The van der Waals surface area contributed by atoms with Crippen molar-refractivity contribution in [3.05, 3.63) is 21.4 Å². The van der Waals surface area contributed by atoms with Gasteiger partial charge in [0.25, 0.3) is 0 Å². The zero-order chi connectivity index (χ0) is 8.43. The summed E-state index contributed by atoms with van der Waals surface area (Å²) in [4.78, 5) is 2.23. The predicted octanol–water partition coefficient (Wildman–Crippen LogP) is 1.36. The molecule has 0 aliphatic heterocycles. The zero-order valence-electron chi connectivity index (χ0n) is 6.79. The number of aryl methyl sites for hydroxylation is 2. The van der Waals surface area contributed by atoms with Crippen LogP contribution in [-0.2, 0) is 0 Å². The summed E-state index contributed by atoms with van der Waals surface area (Å²) >= 11 is 1.62. The van der Waals surface area contributed by atoms with E-state index in [1.54, 1.807) is 11.3 Å². The Hall–Kier alpha value is -0.380. The molecule has 1 unspecified atom stereocenters. The van der Waals surface area contributed by atoms with Gasteiger partial charge in [-0.2, -0.15) is 0 Å². The fourth-order valence-electron chi connectivity index (χ4n) is 0.882. The Labute approximate surface area is 70.7 Å². The van der Waals surface area contributed by atoms with Crippen molar-refractivity contribution in [2.45, 2.75) is 20.0 Å². The lowest BCUT2D eigenvalue weighted by Gasteiger charge is -2.01. The van der Waals surface area contributed by atoms with E-state index in [0.717, 1.165) is 4.88 Å². The summed E-state index contributed by atoms with van der Waals surface area (Å²) in [7, 11) is 0. The highest BCUT2D eigenvalue weighted by molar-refractivity contribution is 7.12. The second-order valence-corrected chi connectivity index (χ2v) is 3.93. The van der Waals surface area contributed by atoms with Gasteiger partial charge in [-0.25, -0.2) is 0 Å². The van der Waals surface area contributed by atoms with Gasteiger partial charge in [-0.1, -0.05) is 0 Å². The minimum Gasteiger partial charge on any atom is -0.386 e. The number of hydrogen-bond donors (Lipinski definition) is 2. The average molecular weight is 171 g/mol. The second-order valence-electron chi connectivity index (χ2n) is 2.64. The molecule has 0 aromatic carbocycles. The van der Waals surface area contributed by atoms with Crippen LogP contribution in [0, 0.1) is 13.8 Å². The van der Waals surface area contributed by atoms with E-state index in [1.165, 1.54) is 10.4 Å². The van der Waals surface area contributed by atoms with E-state index in [1.807, 2.05) is 19.9 Å². The van der Waals surface area contributed by atoms with E-state index in [4.69, 9.17) is 5.73 Å². The largest absolute Gasteiger partial charge is 0.386 e. The lowest BCUT2D eigenvalue weighted by atomic mass is 10.2. The Morgan fingerprint density at radius 2 is 2.27 bits per heavy atom. The Morgan fingerprint density at radius 1 is 1.64 bits per heavy atom. The maximum atomic E-state index is 9.35. The Bertz CT molecular complexity index is 225. The van der Waals surface area contributed by atoms with E-state index in [2.05, 4.69) is 0 Å². The first-order valence-corrected chi connectivity index (χ1v) is 4.42. The van der Waals surface area contributed by atoms with E-state index >= 15 is 0 Å². The third-order valence-electron chi connectivity index (χ3n) is 1.74. The first-order chi connectivity index (χ1) is 5.15. The zero-order valence-corrected chi connectivity index (χ0v) is 7.61. The number of hydrogen-bond acceptors (Lipinski definition) is 3. The minimum absolute atomic E-state index is 0.305. The van der Waals surface area contributed by atoms with Crippen LogP contribution in [0.15, 0.2) is 6.07 Å². The molecule has 2 nitrogen and oxygen atoms in total. The molecular formula is C8H13NOS. The summed E-state index contributed by atoms with van der Waals surface area (Å²) in [6.45, 7) is 4.39. The summed E-state index contributed by atoms with van der Waals surface area (Å²) < 4.78 is 0. The highest BCUT2D eigenvalue weighted by atomic mass is 32.1. The molecule has 0 aliphatic rings. The van der Waals surface area contributed by atoms with Crippen molar-refractivity contribution in [2.75, 3.05) is 6.54 Å². The third-order valence-corrected chi connectivity index (χ3v) is 2.99. The quantitative estimate of drug-likeness (QED) is 0.705. The predicted molar refractivity (Wildman–Crippen MR) is 47.8 cm³/mol. The number of nitrogens with two attached hydrogens (primary N) is 1. The molecule has 1 aromatic rings. The lowest BCUT2D eigenvalue weighted by molar-refractivity contribution is 0.190. The highest BCUT2D eigenvalue weighted by Gasteiger charge is 2.08. The van der Waals surface area contributed by atoms with Crippen LogP contribution < -0.4 is 5.73 Å². The van der Waals surface area contributed by atoms with Crippen LogP contribution in [0.2, 0.25) is 0 Å². The van der Waals surface area contributed by atoms with Gasteiger partial charge in [-0.05, 0) is 25.5 Å². The normalized spacial score (nSPS) is 13.5. The fraction of sp³-hybridized carbons (Fsp3) is 0.500. The molecule has 0 radical (unpaired) electrons. The fourth-order valence-corrected chi connectivity index (χ4v) is 1.92. The van der Waals surface area contributed by atoms with Crippen LogP contribution >= 0.6 is 11.3 Å². The van der Waals surface area contributed by atoms with Crippen molar-refractivity contribution in [3.8, 4) is 0 Å². The Balaban J connectivity index is 2.88. The van der Waals surface area contributed by atoms with Crippen molar-refractivity contribution in [3.63, 3.8) is 0 Å². The van der Waals surface area contributed by atoms with Crippen LogP contribution in [0.4, 0.5) is 0 Å². The lowest BCUT2D eigenvalue weighted by Crippen LogP contribution is -2.09. The van der Waals surface area contributed by atoms with E-state index in [9.17, 15) is 5.11 Å². The van der Waals surface area contributed by atoms with E-state index in [-0.39, 0.29) is 0 Å². The summed E-state index contributed by atoms with van der Waals surface area (Å²) in [6.07, 6.45) is -0.479. The molecule has 0 bridgehead atoms. The average Bonchev–Trinajstić information content (AvgIpc) is 2.31. The highest BCUT2D eigenvalue weighted by Crippen LogP contribution is 2.25. The Morgan fingerprint density at radius 3 is 2.64 bits per heavy atom. The molecule has 0 saturated heterocycles. The van der Waals surface area contributed by atoms with Crippen LogP contribution in [-0.4, -0.2) is 11.7 Å². The third kappa shape index (κ3) is 1.80. The van der Waals surface area contributed by atoms with Crippen LogP contribution in [0.25, 0.3) is 0 Å². The van der Waals surface area contributed by atoms with Crippen molar-refractivity contribution in [1.82, 2.24) is 0 Å². The van der Waals surface area contributed by atoms with Gasteiger partial charge in [0.15, 0.2) is 0 Å². The molecule has 1 aromatic heterocycles. The molecule has 1 atom stereocenters. The monoisotopic (exact) mass is 171 g/mol. The number of aliphatic hydroxyl groups is 1.